The van der Waals surface area contributed by atoms with Gasteiger partial charge in [0.15, 0.2) is 0 Å². The van der Waals surface area contributed by atoms with E-state index in [-0.39, 0.29) is 17.2 Å². The molecule has 4 nitrogen and oxygen atoms in total. The maximum absolute atomic E-state index is 11.4. The summed E-state index contributed by atoms with van der Waals surface area (Å²) in [4.78, 5) is 23.6. The first kappa shape index (κ1) is 11.0. The summed E-state index contributed by atoms with van der Waals surface area (Å²) in [6.07, 6.45) is 0. The largest absolute Gasteiger partial charge is 0.325 e. The van der Waals surface area contributed by atoms with Crippen molar-refractivity contribution in [2.45, 2.75) is 17.2 Å². The van der Waals surface area contributed by atoms with Crippen molar-refractivity contribution in [2.75, 3.05) is 0 Å². The highest BCUT2D eigenvalue weighted by atomic mass is 32.2. The molecule has 5 heteroatoms. The van der Waals surface area contributed by atoms with Gasteiger partial charge >= 0.3 is 6.03 Å². The standard InChI is InChI=1S/C11H12N2O2S/c1-7-9(14)12-11(15)13-10(7)16-8-5-3-2-4-6-8/h2-7,10H,1H3,(H2,12,13,14,15). The van der Waals surface area contributed by atoms with Crippen molar-refractivity contribution in [2.24, 2.45) is 5.92 Å². The number of hydrogen-bond donors (Lipinski definition) is 2. The predicted octanol–water partition coefficient (Wildman–Crippen LogP) is 1.58. The third-order valence-electron chi connectivity index (χ3n) is 2.38. The van der Waals surface area contributed by atoms with Crippen LogP contribution >= 0.6 is 11.8 Å². The second-order valence-electron chi connectivity index (χ2n) is 3.60. The Labute approximate surface area is 97.8 Å². The highest BCUT2D eigenvalue weighted by molar-refractivity contribution is 8.00. The van der Waals surface area contributed by atoms with Crippen LogP contribution in [0.15, 0.2) is 35.2 Å². The average molecular weight is 236 g/mol. The van der Waals surface area contributed by atoms with E-state index in [0.717, 1.165) is 4.90 Å². The summed E-state index contributed by atoms with van der Waals surface area (Å²) in [6.45, 7) is 1.80. The molecule has 2 N–H and O–H groups in total. The zero-order valence-corrected chi connectivity index (χ0v) is 9.58. The fourth-order valence-electron chi connectivity index (χ4n) is 1.43. The number of amides is 3. The zero-order valence-electron chi connectivity index (χ0n) is 8.77. The molecule has 1 aromatic carbocycles. The Morgan fingerprint density at radius 2 is 1.88 bits per heavy atom. The Morgan fingerprint density at radius 3 is 2.56 bits per heavy atom. The summed E-state index contributed by atoms with van der Waals surface area (Å²) in [6, 6.07) is 9.28. The van der Waals surface area contributed by atoms with Crippen LogP contribution in [0.25, 0.3) is 0 Å². The second kappa shape index (κ2) is 4.57. The molecule has 1 aromatic rings. The number of imide groups is 1. The minimum absolute atomic E-state index is 0.205. The van der Waals surface area contributed by atoms with Crippen LogP contribution in [0.3, 0.4) is 0 Å². The van der Waals surface area contributed by atoms with E-state index in [2.05, 4.69) is 10.6 Å². The SMILES string of the molecule is CC1C(=O)NC(=O)NC1Sc1ccccc1. The van der Waals surface area contributed by atoms with Crippen LogP contribution in [0.4, 0.5) is 4.79 Å². The van der Waals surface area contributed by atoms with E-state index in [1.807, 2.05) is 30.3 Å². The van der Waals surface area contributed by atoms with E-state index < -0.39 is 6.03 Å². The van der Waals surface area contributed by atoms with E-state index in [0.29, 0.717) is 0 Å². The summed E-state index contributed by atoms with van der Waals surface area (Å²) in [7, 11) is 0. The quantitative estimate of drug-likeness (QED) is 0.819. The summed E-state index contributed by atoms with van der Waals surface area (Å²) in [5, 5.41) is 4.77. The van der Waals surface area contributed by atoms with Crippen molar-refractivity contribution in [1.82, 2.24) is 10.6 Å². The molecule has 0 aliphatic carbocycles. The van der Waals surface area contributed by atoms with Gasteiger partial charge in [-0.1, -0.05) is 25.1 Å². The Kier molecular flexibility index (Phi) is 3.14. The third-order valence-corrected chi connectivity index (χ3v) is 3.71. The molecule has 2 unspecified atom stereocenters. The molecular formula is C11H12N2O2S. The van der Waals surface area contributed by atoms with Gasteiger partial charge in [-0.05, 0) is 12.1 Å². The van der Waals surface area contributed by atoms with E-state index >= 15 is 0 Å². The first-order chi connectivity index (χ1) is 7.66. The fraction of sp³-hybridized carbons (Fsp3) is 0.273. The molecule has 0 saturated carbocycles. The van der Waals surface area contributed by atoms with Crippen molar-refractivity contribution in [1.29, 1.82) is 0 Å². The molecule has 0 bridgehead atoms. The van der Waals surface area contributed by atoms with Crippen molar-refractivity contribution in [3.8, 4) is 0 Å². The Morgan fingerprint density at radius 1 is 1.19 bits per heavy atom. The number of rotatable bonds is 2. The molecule has 2 atom stereocenters. The molecule has 1 fully saturated rings. The first-order valence-corrected chi connectivity index (χ1v) is 5.88. The normalized spacial score (nSPS) is 24.8. The minimum Gasteiger partial charge on any atom is -0.325 e. The maximum atomic E-state index is 11.4. The zero-order chi connectivity index (χ0) is 11.5. The Balaban J connectivity index is 2.09. The van der Waals surface area contributed by atoms with Gasteiger partial charge in [-0.25, -0.2) is 4.79 Å². The van der Waals surface area contributed by atoms with E-state index in [1.165, 1.54) is 11.8 Å². The molecule has 0 radical (unpaired) electrons. The summed E-state index contributed by atoms with van der Waals surface area (Å²) in [5.41, 5.74) is 0. The van der Waals surface area contributed by atoms with E-state index in [9.17, 15) is 9.59 Å². The second-order valence-corrected chi connectivity index (χ2v) is 4.82. The molecular weight excluding hydrogens is 224 g/mol. The number of thioether (sulfide) groups is 1. The van der Waals surface area contributed by atoms with Gasteiger partial charge in [-0.3, -0.25) is 10.1 Å². The van der Waals surface area contributed by atoms with Gasteiger partial charge in [0.1, 0.15) is 0 Å². The summed E-state index contributed by atoms with van der Waals surface area (Å²) >= 11 is 1.49. The Bertz CT molecular complexity index is 408. The van der Waals surface area contributed by atoms with Crippen LogP contribution in [0.5, 0.6) is 0 Å². The molecule has 16 heavy (non-hydrogen) atoms. The van der Waals surface area contributed by atoms with Gasteiger partial charge in [0.2, 0.25) is 5.91 Å². The lowest BCUT2D eigenvalue weighted by Crippen LogP contribution is -2.55. The van der Waals surface area contributed by atoms with Crippen molar-refractivity contribution in [3.63, 3.8) is 0 Å². The number of hydrogen-bond acceptors (Lipinski definition) is 3. The average Bonchev–Trinajstić information content (AvgIpc) is 2.27. The number of benzene rings is 1. The molecule has 1 saturated heterocycles. The molecule has 0 aromatic heterocycles. The highest BCUT2D eigenvalue weighted by Gasteiger charge is 2.32. The lowest BCUT2D eigenvalue weighted by atomic mass is 10.1. The monoisotopic (exact) mass is 236 g/mol. The molecule has 0 spiro atoms. The first-order valence-electron chi connectivity index (χ1n) is 5.00. The van der Waals surface area contributed by atoms with Crippen LogP contribution in [0.1, 0.15) is 6.92 Å². The van der Waals surface area contributed by atoms with Crippen molar-refractivity contribution >= 4 is 23.7 Å². The Hall–Kier alpha value is -1.49. The predicted molar refractivity (Wildman–Crippen MR) is 61.9 cm³/mol. The smallest absolute Gasteiger partial charge is 0.322 e. The fourth-order valence-corrected chi connectivity index (χ4v) is 2.53. The van der Waals surface area contributed by atoms with Gasteiger partial charge < -0.3 is 5.32 Å². The van der Waals surface area contributed by atoms with Crippen LogP contribution in [0.2, 0.25) is 0 Å². The van der Waals surface area contributed by atoms with E-state index in [1.54, 1.807) is 6.92 Å². The van der Waals surface area contributed by atoms with Gasteiger partial charge in [0.05, 0.1) is 11.3 Å². The summed E-state index contributed by atoms with van der Waals surface area (Å²) in [5.74, 6) is -0.458. The topological polar surface area (TPSA) is 58.2 Å². The van der Waals surface area contributed by atoms with Gasteiger partial charge in [-0.15, -0.1) is 11.8 Å². The summed E-state index contributed by atoms with van der Waals surface area (Å²) < 4.78 is 0. The molecule has 2 rings (SSSR count). The lowest BCUT2D eigenvalue weighted by Gasteiger charge is -2.28. The van der Waals surface area contributed by atoms with Crippen molar-refractivity contribution < 1.29 is 9.59 Å². The van der Waals surface area contributed by atoms with Crippen LogP contribution in [0, 0.1) is 5.92 Å². The number of urea groups is 1. The molecule has 3 amide bonds. The molecule has 84 valence electrons. The number of carbonyl (C=O) groups excluding carboxylic acids is 2. The van der Waals surface area contributed by atoms with Crippen LogP contribution in [-0.2, 0) is 4.79 Å². The maximum Gasteiger partial charge on any atom is 0.322 e. The molecule has 1 aliphatic heterocycles. The number of nitrogens with one attached hydrogen (secondary N) is 2. The van der Waals surface area contributed by atoms with Gasteiger partial charge in [0.25, 0.3) is 0 Å². The van der Waals surface area contributed by atoms with Crippen molar-refractivity contribution in [3.05, 3.63) is 30.3 Å². The third kappa shape index (κ3) is 2.36. The van der Waals surface area contributed by atoms with Crippen LogP contribution < -0.4 is 10.6 Å². The van der Waals surface area contributed by atoms with Crippen LogP contribution in [-0.4, -0.2) is 17.3 Å². The lowest BCUT2D eigenvalue weighted by molar-refractivity contribution is -0.124. The molecule has 1 heterocycles. The minimum atomic E-state index is -0.420. The number of carbonyl (C=O) groups is 2. The molecule has 1 aliphatic rings. The van der Waals surface area contributed by atoms with Gasteiger partial charge in [0, 0.05) is 4.90 Å². The van der Waals surface area contributed by atoms with E-state index in [4.69, 9.17) is 0 Å². The van der Waals surface area contributed by atoms with Gasteiger partial charge in [-0.2, -0.15) is 0 Å². The highest BCUT2D eigenvalue weighted by Crippen LogP contribution is 2.27.